The molecule has 0 saturated heterocycles. The number of aliphatic carboxylic acids is 1. The number of pyridine rings is 1. The average molecular weight is 285 g/mol. The summed E-state index contributed by atoms with van der Waals surface area (Å²) in [6.07, 6.45) is 0.668. The van der Waals surface area contributed by atoms with Crippen LogP contribution in [0.1, 0.15) is 29.5 Å². The molecule has 1 unspecified atom stereocenters. The number of fused-ring (bicyclic) bond motifs is 2. The monoisotopic (exact) mass is 285 g/mol. The van der Waals surface area contributed by atoms with E-state index in [-0.39, 0.29) is 0 Å². The molecular formula is C16H15NO4. The van der Waals surface area contributed by atoms with Crippen molar-refractivity contribution < 1.29 is 19.4 Å². The predicted molar refractivity (Wildman–Crippen MR) is 76.2 cm³/mol. The van der Waals surface area contributed by atoms with E-state index in [0.29, 0.717) is 23.9 Å². The fourth-order valence-corrected chi connectivity index (χ4v) is 2.35. The van der Waals surface area contributed by atoms with Crippen LogP contribution in [0.25, 0.3) is 0 Å². The molecule has 1 aromatic heterocycles. The molecule has 3 rings (SSSR count). The summed E-state index contributed by atoms with van der Waals surface area (Å²) in [5.74, 6) is 0.392. The van der Waals surface area contributed by atoms with Crippen LogP contribution in [-0.4, -0.2) is 23.2 Å². The zero-order valence-electron chi connectivity index (χ0n) is 11.8. The van der Waals surface area contributed by atoms with Gasteiger partial charge in [0.1, 0.15) is 5.75 Å². The molecule has 0 aliphatic carbocycles. The fourth-order valence-electron chi connectivity index (χ4n) is 2.35. The van der Waals surface area contributed by atoms with E-state index in [0.717, 1.165) is 16.7 Å². The number of benzene rings is 1. The molecule has 1 aliphatic heterocycles. The number of carboxylic acid groups (broad SMARTS) is 1. The molecule has 0 spiro atoms. The number of ether oxygens (including phenoxy) is 2. The van der Waals surface area contributed by atoms with Gasteiger partial charge in [0.15, 0.2) is 0 Å². The summed E-state index contributed by atoms with van der Waals surface area (Å²) in [5, 5.41) is 9.10. The molecule has 0 amide bonds. The van der Waals surface area contributed by atoms with Crippen LogP contribution in [0.15, 0.2) is 30.3 Å². The van der Waals surface area contributed by atoms with Crippen molar-refractivity contribution in [2.75, 3.05) is 7.11 Å². The Balaban J connectivity index is 1.95. The Morgan fingerprint density at radius 3 is 2.86 bits per heavy atom. The quantitative estimate of drug-likeness (QED) is 0.801. The van der Waals surface area contributed by atoms with E-state index in [1.807, 2.05) is 12.1 Å². The minimum atomic E-state index is -0.835. The molecule has 5 heteroatoms. The summed E-state index contributed by atoms with van der Waals surface area (Å²) in [4.78, 5) is 15.4. The molecule has 1 N–H and O–H groups in total. The average Bonchev–Trinajstić information content (AvgIpc) is 2.50. The Hall–Kier alpha value is -2.56. The van der Waals surface area contributed by atoms with E-state index < -0.39 is 11.9 Å². The first-order valence-corrected chi connectivity index (χ1v) is 6.66. The third kappa shape index (κ3) is 2.42. The van der Waals surface area contributed by atoms with Gasteiger partial charge in [-0.15, -0.1) is 0 Å². The number of carboxylic acids is 1. The number of hydrogen-bond donors (Lipinski definition) is 1. The van der Waals surface area contributed by atoms with Gasteiger partial charge in [0.25, 0.3) is 0 Å². The molecule has 0 radical (unpaired) electrons. The van der Waals surface area contributed by atoms with Crippen molar-refractivity contribution in [3.8, 4) is 17.5 Å². The van der Waals surface area contributed by atoms with Crippen molar-refractivity contribution in [1.29, 1.82) is 0 Å². The van der Waals surface area contributed by atoms with Gasteiger partial charge in [-0.25, -0.2) is 0 Å². The van der Waals surface area contributed by atoms with Crippen LogP contribution in [0.2, 0.25) is 0 Å². The highest BCUT2D eigenvalue weighted by Gasteiger charge is 2.21. The topological polar surface area (TPSA) is 68.7 Å². The largest absolute Gasteiger partial charge is 0.481 e. The van der Waals surface area contributed by atoms with Gasteiger partial charge < -0.3 is 14.6 Å². The molecular weight excluding hydrogens is 270 g/mol. The van der Waals surface area contributed by atoms with Crippen molar-refractivity contribution in [1.82, 2.24) is 4.98 Å². The van der Waals surface area contributed by atoms with Gasteiger partial charge in [-0.3, -0.25) is 4.79 Å². The molecule has 108 valence electrons. The highest BCUT2D eigenvalue weighted by molar-refractivity contribution is 5.75. The molecule has 0 fully saturated rings. The minimum Gasteiger partial charge on any atom is -0.481 e. The van der Waals surface area contributed by atoms with Crippen molar-refractivity contribution in [3.05, 3.63) is 47.0 Å². The molecule has 21 heavy (non-hydrogen) atoms. The van der Waals surface area contributed by atoms with E-state index >= 15 is 0 Å². The zero-order valence-corrected chi connectivity index (χ0v) is 11.8. The summed E-state index contributed by atoms with van der Waals surface area (Å²) in [5.41, 5.74) is 2.71. The van der Waals surface area contributed by atoms with Gasteiger partial charge in [0, 0.05) is 18.1 Å². The molecule has 2 heterocycles. The van der Waals surface area contributed by atoms with Gasteiger partial charge in [-0.05, 0) is 30.2 Å². The van der Waals surface area contributed by atoms with E-state index in [2.05, 4.69) is 4.98 Å². The number of methoxy groups -OCH3 is 1. The summed E-state index contributed by atoms with van der Waals surface area (Å²) in [7, 11) is 1.56. The molecule has 5 nitrogen and oxygen atoms in total. The van der Waals surface area contributed by atoms with Crippen LogP contribution in [-0.2, 0) is 11.2 Å². The second-order valence-corrected chi connectivity index (χ2v) is 5.02. The molecule has 0 saturated carbocycles. The van der Waals surface area contributed by atoms with Gasteiger partial charge >= 0.3 is 5.97 Å². The van der Waals surface area contributed by atoms with Crippen molar-refractivity contribution in [3.63, 3.8) is 0 Å². The fraction of sp³-hybridized carbons (Fsp3) is 0.250. The first kappa shape index (κ1) is 13.4. The normalized spacial score (nSPS) is 13.6. The van der Waals surface area contributed by atoms with Crippen molar-refractivity contribution in [2.24, 2.45) is 0 Å². The maximum Gasteiger partial charge on any atom is 0.310 e. The second-order valence-electron chi connectivity index (χ2n) is 5.02. The number of hydrogen-bond acceptors (Lipinski definition) is 4. The Morgan fingerprint density at radius 1 is 1.33 bits per heavy atom. The SMILES string of the molecule is COc1ccc2c(n1)Oc1ccc(C(C)C(=O)O)cc1C2. The summed E-state index contributed by atoms with van der Waals surface area (Å²) >= 11 is 0. The summed E-state index contributed by atoms with van der Waals surface area (Å²) in [6, 6.07) is 9.17. The second kappa shape index (κ2) is 5.09. The number of carbonyl (C=O) groups is 1. The zero-order chi connectivity index (χ0) is 15.0. The minimum absolute atomic E-state index is 0.508. The molecule has 1 atom stereocenters. The van der Waals surface area contributed by atoms with Crippen LogP contribution >= 0.6 is 0 Å². The third-order valence-electron chi connectivity index (χ3n) is 3.67. The first-order valence-electron chi connectivity index (χ1n) is 6.66. The van der Waals surface area contributed by atoms with Crippen LogP contribution in [0.4, 0.5) is 0 Å². The number of nitrogens with zero attached hydrogens (tertiary/aromatic N) is 1. The molecule has 1 aromatic carbocycles. The smallest absolute Gasteiger partial charge is 0.310 e. The van der Waals surface area contributed by atoms with E-state index in [1.165, 1.54) is 0 Å². The Morgan fingerprint density at radius 2 is 2.14 bits per heavy atom. The Kier molecular flexibility index (Phi) is 3.25. The lowest BCUT2D eigenvalue weighted by Crippen LogP contribution is -2.10. The lowest BCUT2D eigenvalue weighted by molar-refractivity contribution is -0.138. The first-order chi connectivity index (χ1) is 10.1. The van der Waals surface area contributed by atoms with Crippen molar-refractivity contribution in [2.45, 2.75) is 19.3 Å². The summed E-state index contributed by atoms with van der Waals surface area (Å²) in [6.45, 7) is 1.67. The molecule has 1 aliphatic rings. The number of rotatable bonds is 3. The third-order valence-corrected chi connectivity index (χ3v) is 3.67. The lowest BCUT2D eigenvalue weighted by atomic mass is 9.95. The van der Waals surface area contributed by atoms with E-state index in [1.54, 1.807) is 32.2 Å². The predicted octanol–water partition coefficient (Wildman–Crippen LogP) is 2.97. The van der Waals surface area contributed by atoms with Gasteiger partial charge in [-0.2, -0.15) is 4.98 Å². The maximum absolute atomic E-state index is 11.1. The molecule has 0 bridgehead atoms. The standard InChI is InChI=1S/C16H15NO4/c1-9(16(18)19)10-3-5-13-12(7-10)8-11-4-6-14(20-2)17-15(11)21-13/h3-7,9H,8H2,1-2H3,(H,18,19). The van der Waals surface area contributed by atoms with Gasteiger partial charge in [-0.1, -0.05) is 12.1 Å². The van der Waals surface area contributed by atoms with Gasteiger partial charge in [0.05, 0.1) is 13.0 Å². The molecule has 2 aromatic rings. The van der Waals surface area contributed by atoms with E-state index in [4.69, 9.17) is 14.6 Å². The van der Waals surface area contributed by atoms with Gasteiger partial charge in [0.2, 0.25) is 11.8 Å². The lowest BCUT2D eigenvalue weighted by Gasteiger charge is -2.20. The highest BCUT2D eigenvalue weighted by Crippen LogP contribution is 2.37. The van der Waals surface area contributed by atoms with Crippen LogP contribution < -0.4 is 9.47 Å². The van der Waals surface area contributed by atoms with Crippen molar-refractivity contribution >= 4 is 5.97 Å². The van der Waals surface area contributed by atoms with Crippen LogP contribution in [0.5, 0.6) is 17.5 Å². The summed E-state index contributed by atoms with van der Waals surface area (Å²) < 4.78 is 10.9. The Labute approximate surface area is 122 Å². The van der Waals surface area contributed by atoms with Crippen LogP contribution in [0.3, 0.4) is 0 Å². The highest BCUT2D eigenvalue weighted by atomic mass is 16.5. The van der Waals surface area contributed by atoms with Crippen LogP contribution in [0, 0.1) is 0 Å². The number of aromatic nitrogens is 1. The Bertz CT molecular complexity index is 711. The maximum atomic E-state index is 11.1. The van der Waals surface area contributed by atoms with E-state index in [9.17, 15) is 4.79 Å².